The van der Waals surface area contributed by atoms with Crippen LogP contribution in [0.1, 0.15) is 33.7 Å². The van der Waals surface area contributed by atoms with Crippen LogP contribution in [0.5, 0.6) is 0 Å². The van der Waals surface area contributed by atoms with Gasteiger partial charge >= 0.3 is 0 Å². The zero-order valence-corrected chi connectivity index (χ0v) is 14.1. The summed E-state index contributed by atoms with van der Waals surface area (Å²) < 4.78 is 0. The van der Waals surface area contributed by atoms with Crippen LogP contribution in [0.2, 0.25) is 10.0 Å². The fourth-order valence-corrected chi connectivity index (χ4v) is 2.41. The molecule has 0 fully saturated rings. The number of hydrogen-bond donors (Lipinski definition) is 1. The van der Waals surface area contributed by atoms with Crippen molar-refractivity contribution in [1.29, 1.82) is 5.26 Å². The first kappa shape index (κ1) is 17.3. The summed E-state index contributed by atoms with van der Waals surface area (Å²) in [5.74, 6) is -0.244. The van der Waals surface area contributed by atoms with Gasteiger partial charge in [0.2, 0.25) is 0 Å². The zero-order valence-electron chi connectivity index (χ0n) is 12.6. The van der Waals surface area contributed by atoms with Crippen LogP contribution >= 0.6 is 23.2 Å². The lowest BCUT2D eigenvalue weighted by Crippen LogP contribution is -2.26. The van der Waals surface area contributed by atoms with Crippen LogP contribution in [0.4, 0.5) is 0 Å². The number of benzene rings is 1. The Morgan fingerprint density at radius 2 is 2.04 bits per heavy atom. The van der Waals surface area contributed by atoms with Crippen molar-refractivity contribution >= 4 is 29.1 Å². The number of nitriles is 1. The molecule has 0 saturated heterocycles. The number of aromatic nitrogens is 1. The van der Waals surface area contributed by atoms with Crippen molar-refractivity contribution in [2.24, 2.45) is 0 Å². The maximum absolute atomic E-state index is 12.0. The second-order valence-electron chi connectivity index (χ2n) is 5.05. The maximum Gasteiger partial charge on any atom is 0.269 e. The van der Waals surface area contributed by atoms with E-state index >= 15 is 0 Å². The second kappa shape index (κ2) is 7.96. The van der Waals surface area contributed by atoms with Crippen molar-refractivity contribution in [2.75, 3.05) is 6.54 Å². The number of nitrogens with zero attached hydrogens (tertiary/aromatic N) is 2. The number of carbonyl (C=O) groups is 1. The molecule has 1 heterocycles. The average molecular weight is 348 g/mol. The first-order chi connectivity index (χ1) is 11.0. The van der Waals surface area contributed by atoms with Gasteiger partial charge in [-0.3, -0.25) is 4.79 Å². The molecule has 0 spiro atoms. The van der Waals surface area contributed by atoms with E-state index in [4.69, 9.17) is 28.5 Å². The molecule has 2 rings (SSSR count). The second-order valence-corrected chi connectivity index (χ2v) is 5.86. The molecule has 118 valence electrons. The minimum absolute atomic E-state index is 0.244. The van der Waals surface area contributed by atoms with E-state index in [0.717, 1.165) is 18.4 Å². The summed E-state index contributed by atoms with van der Waals surface area (Å²) in [4.78, 5) is 16.1. The van der Waals surface area contributed by atoms with Crippen molar-refractivity contribution in [3.05, 3.63) is 62.9 Å². The molecule has 23 heavy (non-hydrogen) atoms. The quantitative estimate of drug-likeness (QED) is 0.833. The first-order valence-corrected chi connectivity index (χ1v) is 7.86. The van der Waals surface area contributed by atoms with Gasteiger partial charge in [-0.05, 0) is 49.6 Å². The van der Waals surface area contributed by atoms with Crippen molar-refractivity contribution in [2.45, 2.75) is 19.8 Å². The molecule has 0 aliphatic heterocycles. The number of rotatable bonds is 5. The molecule has 0 aliphatic carbocycles. The van der Waals surface area contributed by atoms with Crippen LogP contribution in [0.3, 0.4) is 0 Å². The number of aryl methyl sites for hydroxylation is 2. The molecule has 1 amide bonds. The molecule has 0 radical (unpaired) electrons. The van der Waals surface area contributed by atoms with E-state index in [1.165, 1.54) is 0 Å². The molecule has 0 saturated carbocycles. The summed E-state index contributed by atoms with van der Waals surface area (Å²) in [6.07, 6.45) is 1.57. The standard InChI is InChI=1S/C17H15Cl2N3O/c1-11-13(10-20)5-7-16(22-11)17(23)21-8-2-3-12-4-6-14(18)15(19)9-12/h4-7,9H,2-3,8H2,1H3,(H,21,23). The molecule has 4 nitrogen and oxygen atoms in total. The van der Waals surface area contributed by atoms with Gasteiger partial charge in [-0.15, -0.1) is 0 Å². The van der Waals surface area contributed by atoms with Crippen LogP contribution in [-0.2, 0) is 6.42 Å². The molecule has 1 aromatic carbocycles. The Balaban J connectivity index is 1.84. The SMILES string of the molecule is Cc1nc(C(=O)NCCCc2ccc(Cl)c(Cl)c2)ccc1C#N. The van der Waals surface area contributed by atoms with Gasteiger partial charge in [0.15, 0.2) is 0 Å². The van der Waals surface area contributed by atoms with E-state index < -0.39 is 0 Å². The fraction of sp³-hybridized carbons (Fsp3) is 0.235. The number of nitrogens with one attached hydrogen (secondary N) is 1. The average Bonchev–Trinajstić information content (AvgIpc) is 2.54. The third kappa shape index (κ3) is 4.69. The summed E-state index contributed by atoms with van der Waals surface area (Å²) in [6, 6.07) is 10.7. The highest BCUT2D eigenvalue weighted by atomic mass is 35.5. The predicted molar refractivity (Wildman–Crippen MR) is 90.8 cm³/mol. The van der Waals surface area contributed by atoms with Crippen LogP contribution in [-0.4, -0.2) is 17.4 Å². The Kier molecular flexibility index (Phi) is 5.97. The largest absolute Gasteiger partial charge is 0.351 e. The van der Waals surface area contributed by atoms with E-state index in [-0.39, 0.29) is 5.91 Å². The number of pyridine rings is 1. The summed E-state index contributed by atoms with van der Waals surface area (Å²) in [7, 11) is 0. The molecule has 0 atom stereocenters. The third-order valence-corrected chi connectivity index (χ3v) is 4.09. The van der Waals surface area contributed by atoms with E-state index in [1.54, 1.807) is 25.1 Å². The van der Waals surface area contributed by atoms with Gasteiger partial charge in [0.1, 0.15) is 11.8 Å². The highest BCUT2D eigenvalue weighted by Gasteiger charge is 2.09. The highest BCUT2D eigenvalue weighted by molar-refractivity contribution is 6.42. The molecule has 0 bridgehead atoms. The molecule has 2 aromatic rings. The van der Waals surface area contributed by atoms with Gasteiger partial charge in [0.25, 0.3) is 5.91 Å². The molecule has 6 heteroatoms. The summed E-state index contributed by atoms with van der Waals surface area (Å²) in [5, 5.41) is 12.7. The van der Waals surface area contributed by atoms with Crippen LogP contribution < -0.4 is 5.32 Å². The molecular weight excluding hydrogens is 333 g/mol. The van der Waals surface area contributed by atoms with Gasteiger partial charge in [0, 0.05) is 6.54 Å². The van der Waals surface area contributed by atoms with Gasteiger partial charge in [-0.1, -0.05) is 29.3 Å². The van der Waals surface area contributed by atoms with Crippen LogP contribution in [0, 0.1) is 18.3 Å². The Morgan fingerprint density at radius 3 is 2.70 bits per heavy atom. The van der Waals surface area contributed by atoms with Crippen LogP contribution in [0.15, 0.2) is 30.3 Å². The zero-order chi connectivity index (χ0) is 16.8. The molecule has 1 N–H and O–H groups in total. The molecule has 1 aromatic heterocycles. The Hall–Kier alpha value is -2.09. The molecule has 0 unspecified atom stereocenters. The third-order valence-electron chi connectivity index (χ3n) is 3.35. The van der Waals surface area contributed by atoms with Gasteiger partial charge in [-0.25, -0.2) is 4.98 Å². The van der Waals surface area contributed by atoms with E-state index in [9.17, 15) is 4.79 Å². The Morgan fingerprint density at radius 1 is 1.26 bits per heavy atom. The van der Waals surface area contributed by atoms with Crippen molar-refractivity contribution in [3.8, 4) is 6.07 Å². The number of hydrogen-bond acceptors (Lipinski definition) is 3. The normalized spacial score (nSPS) is 10.2. The maximum atomic E-state index is 12.0. The number of halogens is 2. The monoisotopic (exact) mass is 347 g/mol. The minimum atomic E-state index is -0.244. The Bertz CT molecular complexity index is 769. The van der Waals surface area contributed by atoms with Crippen molar-refractivity contribution in [3.63, 3.8) is 0 Å². The van der Waals surface area contributed by atoms with E-state index in [2.05, 4.69) is 10.3 Å². The lowest BCUT2D eigenvalue weighted by Gasteiger charge is -2.07. The smallest absolute Gasteiger partial charge is 0.269 e. The van der Waals surface area contributed by atoms with Gasteiger partial charge in [0.05, 0.1) is 21.3 Å². The molecule has 0 aliphatic rings. The first-order valence-electron chi connectivity index (χ1n) is 7.11. The van der Waals surface area contributed by atoms with Gasteiger partial charge < -0.3 is 5.32 Å². The summed E-state index contributed by atoms with van der Waals surface area (Å²) >= 11 is 11.8. The number of carbonyl (C=O) groups excluding carboxylic acids is 1. The van der Waals surface area contributed by atoms with Crippen molar-refractivity contribution in [1.82, 2.24) is 10.3 Å². The van der Waals surface area contributed by atoms with E-state index in [1.807, 2.05) is 18.2 Å². The van der Waals surface area contributed by atoms with Crippen molar-refractivity contribution < 1.29 is 4.79 Å². The Labute approximate surface area is 145 Å². The number of amides is 1. The fourth-order valence-electron chi connectivity index (χ4n) is 2.09. The summed E-state index contributed by atoms with van der Waals surface area (Å²) in [6.45, 7) is 2.24. The molecular formula is C17H15Cl2N3O. The minimum Gasteiger partial charge on any atom is -0.351 e. The van der Waals surface area contributed by atoms with E-state index in [0.29, 0.717) is 33.5 Å². The topological polar surface area (TPSA) is 65.8 Å². The van der Waals surface area contributed by atoms with Gasteiger partial charge in [-0.2, -0.15) is 5.26 Å². The highest BCUT2D eigenvalue weighted by Crippen LogP contribution is 2.23. The lowest BCUT2D eigenvalue weighted by molar-refractivity contribution is 0.0948. The van der Waals surface area contributed by atoms with Crippen LogP contribution in [0.25, 0.3) is 0 Å². The predicted octanol–water partition coefficient (Wildman–Crippen LogP) is 3.93. The lowest BCUT2D eigenvalue weighted by atomic mass is 10.1. The summed E-state index contributed by atoms with van der Waals surface area (Å²) in [5.41, 5.74) is 2.41.